The maximum Gasteiger partial charge on any atom is 0.243 e. The number of nitrogens with one attached hydrogen (secondary N) is 1. The summed E-state index contributed by atoms with van der Waals surface area (Å²) in [6.07, 6.45) is 1.40. The van der Waals surface area contributed by atoms with Gasteiger partial charge in [-0.25, -0.2) is 0 Å². The normalized spacial score (nSPS) is 11.7. The highest BCUT2D eigenvalue weighted by molar-refractivity contribution is 6.30. The molecule has 6 nitrogen and oxygen atoms in total. The van der Waals surface area contributed by atoms with Crippen molar-refractivity contribution in [2.24, 2.45) is 0 Å². The van der Waals surface area contributed by atoms with Crippen LogP contribution >= 0.6 is 11.6 Å². The number of benzene rings is 3. The second-order valence-corrected chi connectivity index (χ2v) is 9.88. The third-order valence-electron chi connectivity index (χ3n) is 6.12. The maximum absolute atomic E-state index is 13.8. The van der Waals surface area contributed by atoms with E-state index in [1.807, 2.05) is 80.6 Å². The highest BCUT2D eigenvalue weighted by Crippen LogP contribution is 2.19. The lowest BCUT2D eigenvalue weighted by molar-refractivity contribution is -0.140. The number of carbonyl (C=O) groups excluding carboxylic acids is 2. The highest BCUT2D eigenvalue weighted by Gasteiger charge is 2.30. The van der Waals surface area contributed by atoms with Gasteiger partial charge < -0.3 is 19.7 Å². The Morgan fingerprint density at radius 1 is 0.895 bits per heavy atom. The minimum Gasteiger partial charge on any atom is -0.497 e. The molecule has 0 spiro atoms. The molecule has 0 radical (unpaired) electrons. The van der Waals surface area contributed by atoms with Crippen molar-refractivity contribution in [3.05, 3.63) is 101 Å². The summed E-state index contributed by atoms with van der Waals surface area (Å²) in [6, 6.07) is 23.9. The standard InChI is InChI=1S/C31H37ClN2O4/c1-23(2)38-19-7-18-33-31(36)29(20-24-8-5-4-6-9-24)34(22-26-12-16-28(37-3)17-13-26)30(35)21-25-10-14-27(32)15-11-25/h4-6,8-17,23,29H,7,18-22H2,1-3H3,(H,33,36)/t29-/m1/s1. The first-order chi connectivity index (χ1) is 18.4. The fourth-order valence-electron chi connectivity index (χ4n) is 4.08. The lowest BCUT2D eigenvalue weighted by atomic mass is 10.0. The Balaban J connectivity index is 1.87. The Morgan fingerprint density at radius 3 is 2.18 bits per heavy atom. The van der Waals surface area contributed by atoms with Crippen molar-refractivity contribution in [1.29, 1.82) is 0 Å². The molecule has 0 saturated carbocycles. The van der Waals surface area contributed by atoms with Crippen LogP contribution in [-0.2, 0) is 33.7 Å². The molecule has 0 fully saturated rings. The Labute approximate surface area is 230 Å². The number of amides is 2. The van der Waals surface area contributed by atoms with Crippen LogP contribution in [-0.4, -0.2) is 49.1 Å². The van der Waals surface area contributed by atoms with Crippen molar-refractivity contribution in [3.63, 3.8) is 0 Å². The van der Waals surface area contributed by atoms with Gasteiger partial charge in [0.1, 0.15) is 11.8 Å². The first kappa shape index (κ1) is 29.2. The lowest BCUT2D eigenvalue weighted by Crippen LogP contribution is -2.51. The van der Waals surface area contributed by atoms with Gasteiger partial charge in [-0.2, -0.15) is 0 Å². The molecule has 1 N–H and O–H groups in total. The van der Waals surface area contributed by atoms with E-state index in [1.165, 1.54) is 0 Å². The zero-order chi connectivity index (χ0) is 27.3. The summed E-state index contributed by atoms with van der Waals surface area (Å²) in [5.41, 5.74) is 2.73. The van der Waals surface area contributed by atoms with Gasteiger partial charge in [0.2, 0.25) is 11.8 Å². The third-order valence-corrected chi connectivity index (χ3v) is 6.38. The first-order valence-electron chi connectivity index (χ1n) is 13.0. The maximum atomic E-state index is 13.8. The smallest absolute Gasteiger partial charge is 0.243 e. The number of methoxy groups -OCH3 is 1. The van der Waals surface area contributed by atoms with Gasteiger partial charge in [0, 0.05) is 31.1 Å². The monoisotopic (exact) mass is 536 g/mol. The Hall–Kier alpha value is -3.35. The minimum atomic E-state index is -0.690. The van der Waals surface area contributed by atoms with Crippen molar-refractivity contribution in [1.82, 2.24) is 10.2 Å². The van der Waals surface area contributed by atoms with Gasteiger partial charge >= 0.3 is 0 Å². The van der Waals surface area contributed by atoms with E-state index in [0.29, 0.717) is 31.0 Å². The SMILES string of the molecule is COc1ccc(CN(C(=O)Cc2ccc(Cl)cc2)[C@H](Cc2ccccc2)C(=O)NCCCOC(C)C)cc1. The van der Waals surface area contributed by atoms with Crippen molar-refractivity contribution in [2.75, 3.05) is 20.3 Å². The number of carbonyl (C=O) groups is 2. The Kier molecular flexibility index (Phi) is 11.7. The van der Waals surface area contributed by atoms with Crippen LogP contribution in [0.2, 0.25) is 5.02 Å². The number of hydrogen-bond donors (Lipinski definition) is 1. The first-order valence-corrected chi connectivity index (χ1v) is 13.3. The van der Waals surface area contributed by atoms with Crippen LogP contribution in [0.5, 0.6) is 5.75 Å². The van der Waals surface area contributed by atoms with Crippen LogP contribution < -0.4 is 10.1 Å². The van der Waals surface area contributed by atoms with E-state index in [9.17, 15) is 9.59 Å². The van der Waals surface area contributed by atoms with E-state index in [0.717, 1.165) is 22.4 Å². The number of rotatable bonds is 14. The summed E-state index contributed by atoms with van der Waals surface area (Å²) in [6.45, 7) is 5.29. The molecular formula is C31H37ClN2O4. The molecule has 0 unspecified atom stereocenters. The fraction of sp³-hybridized carbons (Fsp3) is 0.355. The van der Waals surface area contributed by atoms with Crippen molar-refractivity contribution in [3.8, 4) is 5.75 Å². The second kappa shape index (κ2) is 15.2. The average Bonchev–Trinajstić information content (AvgIpc) is 2.92. The summed E-state index contributed by atoms with van der Waals surface area (Å²) in [4.78, 5) is 29.1. The molecule has 0 aliphatic heterocycles. The molecule has 0 saturated heterocycles. The molecule has 7 heteroatoms. The second-order valence-electron chi connectivity index (χ2n) is 9.44. The van der Waals surface area contributed by atoms with Crippen molar-refractivity contribution in [2.45, 2.75) is 51.8 Å². The molecule has 0 heterocycles. The summed E-state index contributed by atoms with van der Waals surface area (Å²) in [5.74, 6) is 0.411. The predicted octanol–water partition coefficient (Wildman–Crippen LogP) is 5.46. The Morgan fingerprint density at radius 2 is 1.55 bits per heavy atom. The molecule has 0 bridgehead atoms. The average molecular weight is 537 g/mol. The zero-order valence-electron chi connectivity index (χ0n) is 22.4. The molecule has 1 atom stereocenters. The summed E-state index contributed by atoms with van der Waals surface area (Å²) < 4.78 is 10.9. The van der Waals surface area contributed by atoms with Gasteiger partial charge in [-0.15, -0.1) is 0 Å². The zero-order valence-corrected chi connectivity index (χ0v) is 23.1. The number of nitrogens with zero attached hydrogens (tertiary/aromatic N) is 1. The molecule has 2 amide bonds. The molecule has 38 heavy (non-hydrogen) atoms. The number of hydrogen-bond acceptors (Lipinski definition) is 4. The van der Waals surface area contributed by atoms with E-state index < -0.39 is 6.04 Å². The number of ether oxygens (including phenoxy) is 2. The van der Waals surface area contributed by atoms with Crippen LogP contribution in [0.3, 0.4) is 0 Å². The van der Waals surface area contributed by atoms with Gasteiger partial charge in [-0.05, 0) is 61.2 Å². The summed E-state index contributed by atoms with van der Waals surface area (Å²) in [5, 5.41) is 3.65. The number of halogens is 1. The fourth-order valence-corrected chi connectivity index (χ4v) is 4.21. The summed E-state index contributed by atoms with van der Waals surface area (Å²) >= 11 is 6.05. The molecule has 3 aromatic carbocycles. The van der Waals surface area contributed by atoms with Crippen LogP contribution in [0, 0.1) is 0 Å². The molecule has 0 aromatic heterocycles. The van der Waals surface area contributed by atoms with E-state index in [-0.39, 0.29) is 30.9 Å². The topological polar surface area (TPSA) is 67.9 Å². The van der Waals surface area contributed by atoms with Crippen molar-refractivity contribution < 1.29 is 19.1 Å². The predicted molar refractivity (Wildman–Crippen MR) is 151 cm³/mol. The van der Waals surface area contributed by atoms with Gasteiger partial charge in [-0.1, -0.05) is 66.2 Å². The molecule has 3 rings (SSSR count). The lowest BCUT2D eigenvalue weighted by Gasteiger charge is -2.32. The van der Waals surface area contributed by atoms with E-state index in [2.05, 4.69) is 5.32 Å². The van der Waals surface area contributed by atoms with E-state index in [1.54, 1.807) is 24.1 Å². The van der Waals surface area contributed by atoms with Crippen LogP contribution in [0.4, 0.5) is 0 Å². The third kappa shape index (κ3) is 9.51. The molecule has 0 aliphatic carbocycles. The van der Waals surface area contributed by atoms with E-state index >= 15 is 0 Å². The Bertz CT molecular complexity index is 1130. The van der Waals surface area contributed by atoms with Crippen LogP contribution in [0.25, 0.3) is 0 Å². The highest BCUT2D eigenvalue weighted by atomic mass is 35.5. The van der Waals surface area contributed by atoms with Gasteiger partial charge in [0.15, 0.2) is 0 Å². The van der Waals surface area contributed by atoms with Gasteiger partial charge in [0.25, 0.3) is 0 Å². The molecular weight excluding hydrogens is 500 g/mol. The van der Waals surface area contributed by atoms with E-state index in [4.69, 9.17) is 21.1 Å². The molecule has 202 valence electrons. The van der Waals surface area contributed by atoms with Gasteiger partial charge in [-0.3, -0.25) is 9.59 Å². The van der Waals surface area contributed by atoms with Crippen LogP contribution in [0.1, 0.15) is 37.0 Å². The quantitative estimate of drug-likeness (QED) is 0.278. The molecule has 0 aliphatic rings. The van der Waals surface area contributed by atoms with Crippen LogP contribution in [0.15, 0.2) is 78.9 Å². The molecule has 3 aromatic rings. The van der Waals surface area contributed by atoms with Gasteiger partial charge in [0.05, 0.1) is 19.6 Å². The minimum absolute atomic E-state index is 0.137. The largest absolute Gasteiger partial charge is 0.497 e. The summed E-state index contributed by atoms with van der Waals surface area (Å²) in [7, 11) is 1.61. The van der Waals surface area contributed by atoms with Crippen molar-refractivity contribution >= 4 is 23.4 Å².